The Bertz CT molecular complexity index is 846. The summed E-state index contributed by atoms with van der Waals surface area (Å²) in [5, 5.41) is 3.40. The number of hydrogen-bond donors (Lipinski definition) is 1. The molecule has 1 N–H and O–H groups in total. The smallest absolute Gasteiger partial charge is 0.308 e. The van der Waals surface area contributed by atoms with E-state index in [-0.39, 0.29) is 24.9 Å². The van der Waals surface area contributed by atoms with E-state index in [9.17, 15) is 9.59 Å². The van der Waals surface area contributed by atoms with Crippen LogP contribution in [0.4, 0.5) is 0 Å². The van der Waals surface area contributed by atoms with Crippen LogP contribution in [-0.2, 0) is 20.7 Å². The zero-order chi connectivity index (χ0) is 22.1. The number of halogens is 1. The highest BCUT2D eigenvalue weighted by Gasteiger charge is 2.22. The van der Waals surface area contributed by atoms with Gasteiger partial charge in [-0.2, -0.15) is 0 Å². The molecule has 2 aromatic carbocycles. The molecule has 30 heavy (non-hydrogen) atoms. The van der Waals surface area contributed by atoms with Crippen LogP contribution in [0.2, 0.25) is 5.02 Å². The molecule has 0 radical (unpaired) electrons. The largest absolute Gasteiger partial charge is 0.497 e. The summed E-state index contributed by atoms with van der Waals surface area (Å²) < 4.78 is 15.8. The topological polar surface area (TPSA) is 73.9 Å². The molecule has 6 nitrogen and oxygen atoms in total. The van der Waals surface area contributed by atoms with Crippen LogP contribution in [-0.4, -0.2) is 32.2 Å². The highest BCUT2D eigenvalue weighted by molar-refractivity contribution is 6.31. The molecule has 0 fully saturated rings. The Morgan fingerprint density at radius 1 is 1.03 bits per heavy atom. The van der Waals surface area contributed by atoms with Gasteiger partial charge in [0, 0.05) is 17.5 Å². The molecule has 2 rings (SSSR count). The van der Waals surface area contributed by atoms with Gasteiger partial charge in [-0.1, -0.05) is 29.8 Å². The number of esters is 1. The third-order valence-corrected chi connectivity index (χ3v) is 4.75. The summed E-state index contributed by atoms with van der Waals surface area (Å²) in [5.41, 5.74) is 1.59. The van der Waals surface area contributed by atoms with Crippen molar-refractivity contribution < 1.29 is 23.8 Å². The van der Waals surface area contributed by atoms with Crippen molar-refractivity contribution in [2.45, 2.75) is 45.3 Å². The van der Waals surface area contributed by atoms with Gasteiger partial charge in [0.2, 0.25) is 5.91 Å². The minimum absolute atomic E-state index is 0.000631. The molecular formula is C23H28ClNO5. The number of nitrogens with one attached hydrogen (secondary N) is 1. The first-order valence-corrected chi connectivity index (χ1v) is 10.2. The molecule has 162 valence electrons. The van der Waals surface area contributed by atoms with E-state index in [4.69, 9.17) is 25.8 Å². The minimum atomic E-state index is -0.572. The molecule has 2 aromatic rings. The molecule has 0 bridgehead atoms. The molecule has 7 heteroatoms. The Morgan fingerprint density at radius 3 is 2.23 bits per heavy atom. The van der Waals surface area contributed by atoms with Gasteiger partial charge in [0.25, 0.3) is 0 Å². The predicted octanol–water partition coefficient (Wildman–Crippen LogP) is 4.49. The average molecular weight is 434 g/mol. The number of carbonyl (C=O) groups excluding carboxylic acids is 2. The van der Waals surface area contributed by atoms with Gasteiger partial charge in [-0.05, 0) is 49.6 Å². The van der Waals surface area contributed by atoms with Crippen LogP contribution >= 0.6 is 11.6 Å². The van der Waals surface area contributed by atoms with Crippen LogP contribution in [0.1, 0.15) is 43.9 Å². The maximum atomic E-state index is 12.7. The number of carbonyl (C=O) groups is 2. The fourth-order valence-corrected chi connectivity index (χ4v) is 3.28. The molecule has 1 unspecified atom stereocenters. The van der Waals surface area contributed by atoms with Crippen molar-refractivity contribution in [1.29, 1.82) is 0 Å². The van der Waals surface area contributed by atoms with Crippen molar-refractivity contribution in [3.8, 4) is 11.5 Å². The SMILES string of the molecule is COc1cc(CCC(=O)NC(CC(=O)OC(C)C)c2ccccc2Cl)cc(OC)c1. The Labute approximate surface area is 182 Å². The standard InChI is InChI=1S/C23H28ClNO5/c1-15(2)30-23(27)14-21(19-7-5-6-8-20(19)24)25-22(26)10-9-16-11-17(28-3)13-18(12-16)29-4/h5-8,11-13,15,21H,9-10,14H2,1-4H3,(H,25,26). The molecule has 0 spiro atoms. The van der Waals surface area contributed by atoms with Crippen LogP contribution in [0, 0.1) is 0 Å². The van der Waals surface area contributed by atoms with Gasteiger partial charge < -0.3 is 19.5 Å². The normalized spacial score (nSPS) is 11.7. The second-order valence-corrected chi connectivity index (χ2v) is 7.51. The van der Waals surface area contributed by atoms with Crippen LogP contribution in [0.3, 0.4) is 0 Å². The number of methoxy groups -OCH3 is 2. The van der Waals surface area contributed by atoms with Crippen molar-refractivity contribution in [2.75, 3.05) is 14.2 Å². The molecule has 0 aliphatic carbocycles. The molecular weight excluding hydrogens is 406 g/mol. The van der Waals surface area contributed by atoms with Gasteiger partial charge in [-0.15, -0.1) is 0 Å². The molecule has 0 heterocycles. The highest BCUT2D eigenvalue weighted by atomic mass is 35.5. The lowest BCUT2D eigenvalue weighted by atomic mass is 10.0. The molecule has 0 saturated heterocycles. The van der Waals surface area contributed by atoms with Crippen LogP contribution in [0.25, 0.3) is 0 Å². The lowest BCUT2D eigenvalue weighted by Crippen LogP contribution is -2.31. The van der Waals surface area contributed by atoms with Crippen LogP contribution < -0.4 is 14.8 Å². The Hall–Kier alpha value is -2.73. The summed E-state index contributed by atoms with van der Waals surface area (Å²) >= 11 is 6.30. The highest BCUT2D eigenvalue weighted by Crippen LogP contribution is 2.26. The van der Waals surface area contributed by atoms with E-state index in [1.807, 2.05) is 18.2 Å². The van der Waals surface area contributed by atoms with E-state index in [2.05, 4.69) is 5.32 Å². The van der Waals surface area contributed by atoms with Gasteiger partial charge in [0.15, 0.2) is 0 Å². The van der Waals surface area contributed by atoms with Gasteiger partial charge in [-0.3, -0.25) is 9.59 Å². The average Bonchev–Trinajstić information content (AvgIpc) is 2.71. The van der Waals surface area contributed by atoms with E-state index in [0.29, 0.717) is 28.5 Å². The third kappa shape index (κ3) is 7.26. The van der Waals surface area contributed by atoms with Crippen molar-refractivity contribution in [3.63, 3.8) is 0 Å². The Morgan fingerprint density at radius 2 is 1.67 bits per heavy atom. The van der Waals surface area contributed by atoms with Gasteiger partial charge in [0.1, 0.15) is 11.5 Å². The van der Waals surface area contributed by atoms with Crippen LogP contribution in [0.15, 0.2) is 42.5 Å². The van der Waals surface area contributed by atoms with E-state index in [1.165, 1.54) is 0 Å². The first-order valence-electron chi connectivity index (χ1n) is 9.77. The number of rotatable bonds is 10. The molecule has 0 aliphatic heterocycles. The molecule has 0 aromatic heterocycles. The van der Waals surface area contributed by atoms with Crippen molar-refractivity contribution in [3.05, 3.63) is 58.6 Å². The second-order valence-electron chi connectivity index (χ2n) is 7.11. The van der Waals surface area contributed by atoms with Crippen molar-refractivity contribution in [2.24, 2.45) is 0 Å². The molecule has 1 amide bonds. The van der Waals surface area contributed by atoms with E-state index >= 15 is 0 Å². The number of hydrogen-bond acceptors (Lipinski definition) is 5. The quantitative estimate of drug-likeness (QED) is 0.559. The summed E-state index contributed by atoms with van der Waals surface area (Å²) in [7, 11) is 3.16. The zero-order valence-electron chi connectivity index (χ0n) is 17.7. The summed E-state index contributed by atoms with van der Waals surface area (Å²) in [5.74, 6) is 0.733. The Kier molecular flexibility index (Phi) is 8.99. The summed E-state index contributed by atoms with van der Waals surface area (Å²) in [6.45, 7) is 3.56. The van der Waals surface area contributed by atoms with E-state index < -0.39 is 12.0 Å². The van der Waals surface area contributed by atoms with Crippen LogP contribution in [0.5, 0.6) is 11.5 Å². The van der Waals surface area contributed by atoms with Gasteiger partial charge in [-0.25, -0.2) is 0 Å². The summed E-state index contributed by atoms with van der Waals surface area (Å²) in [6.07, 6.45) is 0.491. The summed E-state index contributed by atoms with van der Waals surface area (Å²) in [6, 6.07) is 12.1. The number of amides is 1. The lowest BCUT2D eigenvalue weighted by Gasteiger charge is -2.20. The van der Waals surface area contributed by atoms with Gasteiger partial charge >= 0.3 is 5.97 Å². The monoisotopic (exact) mass is 433 g/mol. The van der Waals surface area contributed by atoms with Crippen molar-refractivity contribution in [1.82, 2.24) is 5.32 Å². The van der Waals surface area contributed by atoms with E-state index in [0.717, 1.165) is 5.56 Å². The summed E-state index contributed by atoms with van der Waals surface area (Å²) in [4.78, 5) is 24.9. The maximum Gasteiger partial charge on any atom is 0.308 e. The molecule has 1 atom stereocenters. The molecule has 0 saturated carbocycles. The van der Waals surface area contributed by atoms with E-state index in [1.54, 1.807) is 52.3 Å². The van der Waals surface area contributed by atoms with Gasteiger partial charge in [0.05, 0.1) is 32.8 Å². The maximum absolute atomic E-state index is 12.7. The predicted molar refractivity (Wildman–Crippen MR) is 116 cm³/mol. The molecule has 0 aliphatic rings. The minimum Gasteiger partial charge on any atom is -0.497 e. The van der Waals surface area contributed by atoms with Crippen molar-refractivity contribution >= 4 is 23.5 Å². The Balaban J connectivity index is 2.08. The number of benzene rings is 2. The lowest BCUT2D eigenvalue weighted by molar-refractivity contribution is -0.148. The third-order valence-electron chi connectivity index (χ3n) is 4.41. The zero-order valence-corrected chi connectivity index (χ0v) is 18.5. The first-order chi connectivity index (χ1) is 14.3. The number of ether oxygens (including phenoxy) is 3. The number of aryl methyl sites for hydroxylation is 1. The fourth-order valence-electron chi connectivity index (χ4n) is 3.01. The fraction of sp³-hybridized carbons (Fsp3) is 0.391. The second kappa shape index (κ2) is 11.5. The first kappa shape index (κ1) is 23.5.